The minimum atomic E-state index is -2.07. The Labute approximate surface area is 233 Å². The summed E-state index contributed by atoms with van der Waals surface area (Å²) >= 11 is 0. The van der Waals surface area contributed by atoms with Gasteiger partial charge in [0.25, 0.3) is 0 Å². The van der Waals surface area contributed by atoms with Crippen LogP contribution in [0.5, 0.6) is 5.75 Å². The molecule has 0 saturated heterocycles. The first-order valence-electron chi connectivity index (χ1n) is 13.6. The molecule has 40 heavy (non-hydrogen) atoms. The number of ketones is 3. The molecular formula is C31H37N3O6. The number of likely N-dealkylation sites (N-methyl/N-ethyl adjacent to an activating group) is 1. The lowest BCUT2D eigenvalue weighted by Gasteiger charge is -2.53. The van der Waals surface area contributed by atoms with Gasteiger partial charge in [-0.1, -0.05) is 29.3 Å². The number of hydrogen-bond acceptors (Lipinski definition) is 8. The van der Waals surface area contributed by atoms with Crippen LogP contribution in [-0.4, -0.2) is 78.2 Å². The van der Waals surface area contributed by atoms with E-state index >= 15 is 0 Å². The number of Topliss-reactive ketones (excluding diaryl/α,β-unsaturated/α-hetero) is 3. The maximum Gasteiger partial charge on any atom is 0.228 e. The summed E-state index contributed by atoms with van der Waals surface area (Å²) in [5, 5.41) is 23.4. The molecule has 0 radical (unpaired) electrons. The first kappa shape index (κ1) is 28.0. The van der Waals surface area contributed by atoms with Gasteiger partial charge in [0.1, 0.15) is 17.3 Å². The van der Waals surface area contributed by atoms with Crippen molar-refractivity contribution < 1.29 is 29.4 Å². The topological polar surface area (TPSA) is 141 Å². The molecule has 2 aromatic rings. The molecule has 1 amide bonds. The van der Waals surface area contributed by atoms with E-state index in [1.807, 2.05) is 57.1 Å². The van der Waals surface area contributed by atoms with E-state index in [0.29, 0.717) is 17.5 Å². The Morgan fingerprint density at radius 1 is 1.02 bits per heavy atom. The summed E-state index contributed by atoms with van der Waals surface area (Å²) in [6.45, 7) is 3.92. The Bertz CT molecular complexity index is 1440. The average Bonchev–Trinajstić information content (AvgIpc) is 2.84. The van der Waals surface area contributed by atoms with Crippen molar-refractivity contribution in [1.29, 1.82) is 0 Å². The van der Waals surface area contributed by atoms with Gasteiger partial charge in [0, 0.05) is 37.7 Å². The molecule has 0 bridgehead atoms. The van der Waals surface area contributed by atoms with Crippen molar-refractivity contribution in [3.8, 4) is 16.9 Å². The van der Waals surface area contributed by atoms with Crippen molar-refractivity contribution in [3.63, 3.8) is 0 Å². The second kappa shape index (κ2) is 9.52. The molecule has 6 unspecified atom stereocenters. The van der Waals surface area contributed by atoms with Crippen molar-refractivity contribution in [2.24, 2.45) is 29.4 Å². The number of amides is 1. The number of fused-ring (bicyclic) bond motifs is 3. The SMILES string of the molecule is Cc1cc(C)cc(-c2cc(N(C)C)c3c(c2O)C(=O)C2C(=O)C4(O)CC(C(N)=O)C(=O)C(N(C)C)C4CC2C3)c1. The van der Waals surface area contributed by atoms with Gasteiger partial charge in [-0.15, -0.1) is 0 Å². The van der Waals surface area contributed by atoms with Crippen LogP contribution in [0.4, 0.5) is 5.69 Å². The highest BCUT2D eigenvalue weighted by Gasteiger charge is 2.64. The largest absolute Gasteiger partial charge is 0.507 e. The summed E-state index contributed by atoms with van der Waals surface area (Å²) in [5.74, 6) is -6.52. The van der Waals surface area contributed by atoms with Gasteiger partial charge in [0.2, 0.25) is 5.91 Å². The number of nitrogens with two attached hydrogens (primary N) is 1. The highest BCUT2D eigenvalue weighted by molar-refractivity contribution is 6.18. The van der Waals surface area contributed by atoms with Crippen LogP contribution in [0.1, 0.15) is 39.9 Å². The zero-order valence-electron chi connectivity index (χ0n) is 23.8. The van der Waals surface area contributed by atoms with E-state index in [4.69, 9.17) is 5.73 Å². The van der Waals surface area contributed by atoms with Crippen LogP contribution in [0.15, 0.2) is 24.3 Å². The Morgan fingerprint density at radius 3 is 2.20 bits per heavy atom. The van der Waals surface area contributed by atoms with Crippen LogP contribution >= 0.6 is 0 Å². The molecule has 2 saturated carbocycles. The summed E-state index contributed by atoms with van der Waals surface area (Å²) in [6.07, 6.45) is 0.131. The molecule has 3 aliphatic rings. The molecule has 0 spiro atoms. The van der Waals surface area contributed by atoms with Crippen molar-refractivity contribution >= 4 is 28.9 Å². The van der Waals surface area contributed by atoms with Crippen molar-refractivity contribution in [1.82, 2.24) is 4.90 Å². The van der Waals surface area contributed by atoms with Crippen LogP contribution in [0.3, 0.4) is 0 Å². The van der Waals surface area contributed by atoms with Crippen LogP contribution < -0.4 is 10.6 Å². The fraction of sp³-hybridized carbons (Fsp3) is 0.484. The lowest BCUT2D eigenvalue weighted by Crippen LogP contribution is -2.69. The molecular weight excluding hydrogens is 510 g/mol. The molecule has 212 valence electrons. The smallest absolute Gasteiger partial charge is 0.228 e. The molecule has 0 heterocycles. The molecule has 0 aliphatic heterocycles. The number of aliphatic hydroxyl groups is 1. The molecule has 2 aromatic carbocycles. The number of primary amides is 1. The lowest BCUT2D eigenvalue weighted by atomic mass is 9.52. The van der Waals surface area contributed by atoms with E-state index in [-0.39, 0.29) is 17.7 Å². The number of hydrogen-bond donors (Lipinski definition) is 3. The standard InChI is InChI=1S/C31H37N3O6/c1-14-7-15(2)9-16(8-14)18-12-22(33(3)4)19-10-17-11-21-25(34(5)6)27(36)20(30(32)39)13-31(21,40)29(38)23(17)28(37)24(19)26(18)35/h7-9,12,17,20-21,23,25,35,40H,10-11,13H2,1-6H3,(H2,32,39). The maximum atomic E-state index is 14.2. The van der Waals surface area contributed by atoms with E-state index in [1.165, 1.54) is 0 Å². The number of carbonyl (C=O) groups is 4. The fourth-order valence-electron chi connectivity index (χ4n) is 7.51. The average molecular weight is 548 g/mol. The molecule has 9 heteroatoms. The fourth-order valence-corrected chi connectivity index (χ4v) is 7.51. The maximum absolute atomic E-state index is 14.2. The lowest BCUT2D eigenvalue weighted by molar-refractivity contribution is -0.176. The van der Waals surface area contributed by atoms with Gasteiger partial charge < -0.3 is 20.8 Å². The van der Waals surface area contributed by atoms with Gasteiger partial charge in [-0.3, -0.25) is 24.1 Å². The highest BCUT2D eigenvalue weighted by Crippen LogP contribution is 2.53. The van der Waals surface area contributed by atoms with E-state index < -0.39 is 65.0 Å². The van der Waals surface area contributed by atoms with Crippen molar-refractivity contribution in [2.75, 3.05) is 33.1 Å². The Kier molecular flexibility index (Phi) is 6.66. The van der Waals surface area contributed by atoms with Gasteiger partial charge in [0.05, 0.1) is 17.5 Å². The number of nitrogens with zero attached hydrogens (tertiary/aromatic N) is 2. The molecule has 0 aromatic heterocycles. The third-order valence-electron chi connectivity index (χ3n) is 9.18. The second-order valence-corrected chi connectivity index (χ2v) is 12.3. The summed E-state index contributed by atoms with van der Waals surface area (Å²) < 4.78 is 0. The number of anilines is 1. The monoisotopic (exact) mass is 547 g/mol. The number of rotatable bonds is 4. The number of carbonyl (C=O) groups excluding carboxylic acids is 4. The molecule has 2 fully saturated rings. The van der Waals surface area contributed by atoms with Crippen LogP contribution in [-0.2, 0) is 20.8 Å². The number of phenolic OH excluding ortho intramolecular Hbond substituents is 1. The van der Waals surface area contributed by atoms with Crippen LogP contribution in [0, 0.1) is 37.5 Å². The minimum Gasteiger partial charge on any atom is -0.507 e. The summed E-state index contributed by atoms with van der Waals surface area (Å²) in [6, 6.07) is 6.88. The van der Waals surface area contributed by atoms with Crippen LogP contribution in [0.2, 0.25) is 0 Å². The normalized spacial score (nSPS) is 29.6. The van der Waals surface area contributed by atoms with E-state index in [9.17, 15) is 29.4 Å². The molecule has 5 rings (SSSR count). The van der Waals surface area contributed by atoms with Crippen LogP contribution in [0.25, 0.3) is 11.1 Å². The summed E-state index contributed by atoms with van der Waals surface area (Å²) in [4.78, 5) is 57.3. The van der Waals surface area contributed by atoms with Gasteiger partial charge in [-0.2, -0.15) is 0 Å². The number of phenols is 1. The molecule has 3 aliphatic carbocycles. The Morgan fingerprint density at radius 2 is 1.65 bits per heavy atom. The zero-order valence-corrected chi connectivity index (χ0v) is 23.8. The Hall–Kier alpha value is -3.56. The first-order chi connectivity index (χ1) is 18.7. The third-order valence-corrected chi connectivity index (χ3v) is 9.18. The number of benzene rings is 2. The number of aromatic hydroxyl groups is 1. The van der Waals surface area contributed by atoms with Gasteiger partial charge >= 0.3 is 0 Å². The Balaban J connectivity index is 1.67. The minimum absolute atomic E-state index is 0.0968. The molecule has 4 N–H and O–H groups in total. The van der Waals surface area contributed by atoms with E-state index in [1.54, 1.807) is 19.0 Å². The third kappa shape index (κ3) is 4.06. The van der Waals surface area contributed by atoms with E-state index in [0.717, 1.165) is 22.4 Å². The molecule has 9 nitrogen and oxygen atoms in total. The molecule has 6 atom stereocenters. The first-order valence-corrected chi connectivity index (χ1v) is 13.6. The zero-order chi connectivity index (χ0) is 29.4. The second-order valence-electron chi connectivity index (χ2n) is 12.3. The van der Waals surface area contributed by atoms with Gasteiger partial charge in [0.15, 0.2) is 17.3 Å². The summed E-state index contributed by atoms with van der Waals surface area (Å²) in [7, 11) is 7.07. The van der Waals surface area contributed by atoms with Crippen molar-refractivity contribution in [2.45, 2.75) is 44.8 Å². The predicted octanol–water partition coefficient (Wildman–Crippen LogP) is 2.04. The quantitative estimate of drug-likeness (QED) is 0.494. The summed E-state index contributed by atoms with van der Waals surface area (Å²) in [5.41, 5.74) is 8.23. The van der Waals surface area contributed by atoms with Gasteiger partial charge in [-0.05, 0) is 63.9 Å². The predicted molar refractivity (Wildman–Crippen MR) is 150 cm³/mol. The van der Waals surface area contributed by atoms with E-state index in [2.05, 4.69) is 0 Å². The van der Waals surface area contributed by atoms with Gasteiger partial charge in [-0.25, -0.2) is 0 Å². The number of aryl methyl sites for hydroxylation is 2. The van der Waals surface area contributed by atoms with Crippen molar-refractivity contribution in [3.05, 3.63) is 46.5 Å². The highest BCUT2D eigenvalue weighted by atomic mass is 16.3.